The summed E-state index contributed by atoms with van der Waals surface area (Å²) in [6, 6.07) is 13.8. The fraction of sp³-hybridized carbons (Fsp3) is 0.167. The SMILES string of the molecule is Cn1c(O)c(N=NC(=O)CN(c2ccccc2Br)S(C)(=O)=O)c2ccccc21. The molecule has 0 radical (unpaired) electrons. The van der Waals surface area contributed by atoms with Gasteiger partial charge in [0.2, 0.25) is 15.9 Å². The number of nitrogens with zero attached hydrogens (tertiary/aromatic N) is 4. The highest BCUT2D eigenvalue weighted by Gasteiger charge is 2.23. The lowest BCUT2D eigenvalue weighted by Crippen LogP contribution is -2.34. The van der Waals surface area contributed by atoms with E-state index in [0.29, 0.717) is 15.5 Å². The molecule has 1 N–H and O–H groups in total. The van der Waals surface area contributed by atoms with Gasteiger partial charge in [0, 0.05) is 16.9 Å². The van der Waals surface area contributed by atoms with Crippen molar-refractivity contribution >= 4 is 54.1 Å². The molecule has 0 bridgehead atoms. The third kappa shape index (κ3) is 3.92. The quantitative estimate of drug-likeness (QED) is 0.580. The molecule has 146 valence electrons. The Morgan fingerprint density at radius 3 is 2.50 bits per heavy atom. The van der Waals surface area contributed by atoms with E-state index in [1.54, 1.807) is 49.5 Å². The minimum absolute atomic E-state index is 0.136. The lowest BCUT2D eigenvalue weighted by molar-refractivity contribution is -0.116. The Hall–Kier alpha value is -2.72. The van der Waals surface area contributed by atoms with E-state index < -0.39 is 22.5 Å². The number of fused-ring (bicyclic) bond motifs is 1. The van der Waals surface area contributed by atoms with Crippen molar-refractivity contribution in [3.63, 3.8) is 0 Å². The molecule has 3 rings (SSSR count). The molecule has 1 aromatic heterocycles. The summed E-state index contributed by atoms with van der Waals surface area (Å²) in [5.74, 6) is -0.906. The molecule has 0 aliphatic heterocycles. The lowest BCUT2D eigenvalue weighted by Gasteiger charge is -2.21. The fourth-order valence-corrected chi connectivity index (χ4v) is 4.23. The van der Waals surface area contributed by atoms with E-state index >= 15 is 0 Å². The summed E-state index contributed by atoms with van der Waals surface area (Å²) < 4.78 is 27.3. The first-order valence-electron chi connectivity index (χ1n) is 8.13. The standard InChI is InChI=1S/C18H17BrN4O4S/c1-22-14-9-5-3-7-12(14)17(18(22)25)21-20-16(24)11-23(28(2,26)27)15-10-6-4-8-13(15)19/h3-10,25H,11H2,1-2H3. The summed E-state index contributed by atoms with van der Waals surface area (Å²) >= 11 is 3.29. The number of hydrogen-bond acceptors (Lipinski definition) is 5. The molecule has 0 saturated carbocycles. The first-order valence-corrected chi connectivity index (χ1v) is 10.8. The zero-order valence-corrected chi connectivity index (χ0v) is 17.5. The number of azo groups is 1. The summed E-state index contributed by atoms with van der Waals surface area (Å²) in [5.41, 5.74) is 1.20. The van der Waals surface area contributed by atoms with Gasteiger partial charge in [-0.2, -0.15) is 0 Å². The van der Waals surface area contributed by atoms with Crippen LogP contribution in [0, 0.1) is 0 Å². The van der Waals surface area contributed by atoms with E-state index in [1.807, 2.05) is 6.07 Å². The number of rotatable bonds is 5. The van der Waals surface area contributed by atoms with E-state index in [2.05, 4.69) is 26.2 Å². The molecule has 0 aliphatic carbocycles. The zero-order valence-electron chi connectivity index (χ0n) is 15.1. The lowest BCUT2D eigenvalue weighted by atomic mass is 10.2. The second-order valence-electron chi connectivity index (χ2n) is 6.06. The highest BCUT2D eigenvalue weighted by atomic mass is 79.9. The van der Waals surface area contributed by atoms with Crippen molar-refractivity contribution in [1.82, 2.24) is 4.57 Å². The summed E-state index contributed by atoms with van der Waals surface area (Å²) in [4.78, 5) is 12.3. The highest BCUT2D eigenvalue weighted by Crippen LogP contribution is 2.37. The summed E-state index contributed by atoms with van der Waals surface area (Å²) in [5, 5.41) is 18.4. The Balaban J connectivity index is 1.91. The van der Waals surface area contributed by atoms with Gasteiger partial charge in [-0.25, -0.2) is 8.42 Å². The minimum atomic E-state index is -3.73. The van der Waals surface area contributed by atoms with Gasteiger partial charge in [0.15, 0.2) is 5.69 Å². The van der Waals surface area contributed by atoms with Crippen molar-refractivity contribution in [3.05, 3.63) is 53.0 Å². The Bertz CT molecular complexity index is 1190. The Kier molecular flexibility index (Phi) is 5.52. The molecule has 0 fully saturated rings. The topological polar surface area (TPSA) is 104 Å². The fourth-order valence-electron chi connectivity index (χ4n) is 2.75. The maximum Gasteiger partial charge on any atom is 0.285 e. The number of anilines is 1. The first-order chi connectivity index (χ1) is 13.2. The number of hydrogen-bond donors (Lipinski definition) is 1. The smallest absolute Gasteiger partial charge is 0.285 e. The van der Waals surface area contributed by atoms with E-state index in [1.165, 1.54) is 4.57 Å². The van der Waals surface area contributed by atoms with Gasteiger partial charge in [0.05, 0.1) is 17.5 Å². The monoisotopic (exact) mass is 464 g/mol. The van der Waals surface area contributed by atoms with E-state index in [0.717, 1.165) is 16.1 Å². The number of para-hydroxylation sites is 2. The van der Waals surface area contributed by atoms with Crippen LogP contribution in [0.4, 0.5) is 11.4 Å². The van der Waals surface area contributed by atoms with Crippen LogP contribution in [0.3, 0.4) is 0 Å². The molecule has 2 aromatic carbocycles. The minimum Gasteiger partial charge on any atom is -0.493 e. The van der Waals surface area contributed by atoms with Gasteiger partial charge in [-0.3, -0.25) is 9.10 Å². The number of sulfonamides is 1. The first kappa shape index (κ1) is 20.0. The number of amides is 1. The Morgan fingerprint density at radius 2 is 1.82 bits per heavy atom. The average molecular weight is 465 g/mol. The van der Waals surface area contributed by atoms with Crippen molar-refractivity contribution in [2.75, 3.05) is 17.1 Å². The van der Waals surface area contributed by atoms with Gasteiger partial charge in [0.1, 0.15) is 6.54 Å². The van der Waals surface area contributed by atoms with Gasteiger partial charge >= 0.3 is 0 Å². The molecule has 0 aliphatic rings. The average Bonchev–Trinajstić information content (AvgIpc) is 2.89. The molecule has 0 saturated heterocycles. The number of aryl methyl sites for hydroxylation is 1. The summed E-state index contributed by atoms with van der Waals surface area (Å²) in [6.45, 7) is -0.517. The molecule has 0 spiro atoms. The van der Waals surface area contributed by atoms with Crippen LogP contribution in [0.1, 0.15) is 0 Å². The van der Waals surface area contributed by atoms with E-state index in [9.17, 15) is 18.3 Å². The maximum atomic E-state index is 12.3. The van der Waals surface area contributed by atoms with E-state index in [4.69, 9.17) is 0 Å². The number of carbonyl (C=O) groups is 1. The van der Waals surface area contributed by atoms with Crippen molar-refractivity contribution in [2.24, 2.45) is 17.3 Å². The van der Waals surface area contributed by atoms with Crippen molar-refractivity contribution in [2.45, 2.75) is 0 Å². The Labute approximate surface area is 170 Å². The van der Waals surface area contributed by atoms with Crippen LogP contribution < -0.4 is 4.31 Å². The highest BCUT2D eigenvalue weighted by molar-refractivity contribution is 9.10. The van der Waals surface area contributed by atoms with Gasteiger partial charge < -0.3 is 9.67 Å². The van der Waals surface area contributed by atoms with Crippen LogP contribution in [0.2, 0.25) is 0 Å². The molecular formula is C18H17BrN4O4S. The molecule has 3 aromatic rings. The Morgan fingerprint density at radius 1 is 1.18 bits per heavy atom. The molecule has 28 heavy (non-hydrogen) atoms. The summed E-state index contributed by atoms with van der Waals surface area (Å²) in [6.07, 6.45) is 1.01. The van der Waals surface area contributed by atoms with Gasteiger partial charge in [-0.05, 0) is 34.1 Å². The number of benzene rings is 2. The second kappa shape index (κ2) is 7.72. The summed E-state index contributed by atoms with van der Waals surface area (Å²) in [7, 11) is -2.07. The van der Waals surface area contributed by atoms with Crippen LogP contribution in [0.5, 0.6) is 5.88 Å². The van der Waals surface area contributed by atoms with Crippen LogP contribution in [0.15, 0.2) is 63.2 Å². The number of halogens is 1. The largest absolute Gasteiger partial charge is 0.493 e. The van der Waals surface area contributed by atoms with Crippen LogP contribution >= 0.6 is 15.9 Å². The van der Waals surface area contributed by atoms with Crippen LogP contribution in [-0.4, -0.2) is 36.8 Å². The zero-order chi connectivity index (χ0) is 20.5. The van der Waals surface area contributed by atoms with Crippen molar-refractivity contribution in [3.8, 4) is 5.88 Å². The predicted octanol–water partition coefficient (Wildman–Crippen LogP) is 3.72. The molecule has 1 heterocycles. The van der Waals surface area contributed by atoms with E-state index in [-0.39, 0.29) is 11.6 Å². The van der Waals surface area contributed by atoms with Crippen molar-refractivity contribution in [1.29, 1.82) is 0 Å². The van der Waals surface area contributed by atoms with Crippen LogP contribution in [-0.2, 0) is 21.9 Å². The van der Waals surface area contributed by atoms with Gasteiger partial charge in [-0.15, -0.1) is 10.2 Å². The molecule has 10 heteroatoms. The van der Waals surface area contributed by atoms with Gasteiger partial charge in [-0.1, -0.05) is 30.3 Å². The molecule has 8 nitrogen and oxygen atoms in total. The molecule has 1 amide bonds. The maximum absolute atomic E-state index is 12.3. The third-order valence-electron chi connectivity index (χ3n) is 4.11. The number of aromatic hydroxyl groups is 1. The second-order valence-corrected chi connectivity index (χ2v) is 8.82. The van der Waals surface area contributed by atoms with Gasteiger partial charge in [0.25, 0.3) is 5.91 Å². The molecule has 0 atom stereocenters. The predicted molar refractivity (Wildman–Crippen MR) is 110 cm³/mol. The number of aromatic nitrogens is 1. The third-order valence-corrected chi connectivity index (χ3v) is 5.91. The molecule has 0 unspecified atom stereocenters. The van der Waals surface area contributed by atoms with Crippen molar-refractivity contribution < 1.29 is 18.3 Å². The number of carbonyl (C=O) groups excluding carboxylic acids is 1. The molecular weight excluding hydrogens is 448 g/mol. The normalized spacial score (nSPS) is 12.0. The van der Waals surface area contributed by atoms with Crippen LogP contribution in [0.25, 0.3) is 10.9 Å².